The van der Waals surface area contributed by atoms with Crippen LogP contribution in [0.2, 0.25) is 0 Å². The quantitative estimate of drug-likeness (QED) is 0.777. The fraction of sp³-hybridized carbons (Fsp3) is 0.533. The lowest BCUT2D eigenvalue weighted by Gasteiger charge is -2.19. The molecule has 1 aliphatic heterocycles. The highest BCUT2D eigenvalue weighted by molar-refractivity contribution is 8.00. The van der Waals surface area contributed by atoms with Gasteiger partial charge in [0.25, 0.3) is 0 Å². The van der Waals surface area contributed by atoms with E-state index in [1.807, 2.05) is 35.9 Å². The maximum atomic E-state index is 12.1. The summed E-state index contributed by atoms with van der Waals surface area (Å²) in [6.07, 6.45) is 3.15. The summed E-state index contributed by atoms with van der Waals surface area (Å²) in [6.45, 7) is 3.87. The van der Waals surface area contributed by atoms with Gasteiger partial charge in [-0.25, -0.2) is 0 Å². The number of benzene rings is 1. The molecule has 104 valence electrons. The van der Waals surface area contributed by atoms with E-state index >= 15 is 0 Å². The summed E-state index contributed by atoms with van der Waals surface area (Å²) in [5.74, 6) is 2.06. The van der Waals surface area contributed by atoms with Crippen LogP contribution in [0.3, 0.4) is 0 Å². The van der Waals surface area contributed by atoms with Crippen LogP contribution >= 0.6 is 23.5 Å². The van der Waals surface area contributed by atoms with E-state index in [1.54, 1.807) is 11.8 Å². The number of carbonyl (C=O) groups is 1. The molecule has 0 saturated carbocycles. The highest BCUT2D eigenvalue weighted by atomic mass is 32.2. The first-order chi connectivity index (χ1) is 9.20. The Balaban J connectivity index is 1.78. The van der Waals surface area contributed by atoms with Crippen LogP contribution in [0.4, 0.5) is 0 Å². The van der Waals surface area contributed by atoms with Crippen LogP contribution in [0, 0.1) is 5.92 Å². The van der Waals surface area contributed by atoms with Gasteiger partial charge in [0.1, 0.15) is 0 Å². The maximum Gasteiger partial charge on any atom is 0.235 e. The summed E-state index contributed by atoms with van der Waals surface area (Å²) < 4.78 is 0. The van der Waals surface area contributed by atoms with E-state index in [0.717, 1.165) is 25.3 Å². The third-order valence-corrected chi connectivity index (χ3v) is 5.68. The molecule has 0 N–H and O–H groups in total. The molecule has 1 heterocycles. The summed E-state index contributed by atoms with van der Waals surface area (Å²) >= 11 is 3.54. The van der Waals surface area contributed by atoms with Crippen molar-refractivity contribution < 1.29 is 4.79 Å². The lowest BCUT2D eigenvalue weighted by atomic mass is 10.2. The molecular formula is C15H21NOS2. The molecule has 1 aromatic rings. The lowest BCUT2D eigenvalue weighted by molar-refractivity contribution is -0.129. The van der Waals surface area contributed by atoms with Gasteiger partial charge in [-0.2, -0.15) is 11.8 Å². The zero-order valence-electron chi connectivity index (χ0n) is 11.5. The first-order valence-corrected chi connectivity index (χ1v) is 8.97. The van der Waals surface area contributed by atoms with Crippen molar-refractivity contribution >= 4 is 29.4 Å². The first kappa shape index (κ1) is 14.8. The minimum Gasteiger partial charge on any atom is -0.341 e. The van der Waals surface area contributed by atoms with Crippen molar-refractivity contribution in [3.8, 4) is 0 Å². The molecule has 0 unspecified atom stereocenters. The lowest BCUT2D eigenvalue weighted by Crippen LogP contribution is -2.34. The fourth-order valence-corrected chi connectivity index (χ4v) is 3.66. The second-order valence-electron chi connectivity index (χ2n) is 4.94. The van der Waals surface area contributed by atoms with Crippen molar-refractivity contribution in [1.82, 2.24) is 4.90 Å². The second kappa shape index (κ2) is 7.25. The van der Waals surface area contributed by atoms with Gasteiger partial charge in [0.05, 0.1) is 5.25 Å². The zero-order chi connectivity index (χ0) is 13.7. The molecule has 2 atom stereocenters. The van der Waals surface area contributed by atoms with Gasteiger partial charge in [-0.15, -0.1) is 11.8 Å². The summed E-state index contributed by atoms with van der Waals surface area (Å²) in [7, 11) is 0. The second-order valence-corrected chi connectivity index (χ2v) is 7.21. The van der Waals surface area contributed by atoms with E-state index in [-0.39, 0.29) is 5.25 Å². The first-order valence-electron chi connectivity index (χ1n) is 6.70. The van der Waals surface area contributed by atoms with Gasteiger partial charge in [0.2, 0.25) is 5.91 Å². The molecule has 0 bridgehead atoms. The molecule has 1 aromatic carbocycles. The van der Waals surface area contributed by atoms with Crippen LogP contribution in [-0.4, -0.2) is 41.2 Å². The number of carbonyl (C=O) groups excluding carboxylic acids is 1. The van der Waals surface area contributed by atoms with Gasteiger partial charge in [-0.1, -0.05) is 18.2 Å². The topological polar surface area (TPSA) is 20.3 Å². The normalized spacial score (nSPS) is 20.5. The van der Waals surface area contributed by atoms with E-state index < -0.39 is 0 Å². The van der Waals surface area contributed by atoms with Crippen LogP contribution in [0.25, 0.3) is 0 Å². The predicted molar refractivity (Wildman–Crippen MR) is 84.8 cm³/mol. The van der Waals surface area contributed by atoms with E-state index in [2.05, 4.69) is 24.3 Å². The SMILES string of the molecule is CS[C@H](C)C(=O)N1CC[C@H](CSc2ccccc2)C1. The Morgan fingerprint density at radius 2 is 2.16 bits per heavy atom. The minimum atomic E-state index is 0.0977. The highest BCUT2D eigenvalue weighted by Crippen LogP contribution is 2.26. The number of hydrogen-bond donors (Lipinski definition) is 0. The number of amides is 1. The van der Waals surface area contributed by atoms with Crippen molar-refractivity contribution in [2.45, 2.75) is 23.5 Å². The summed E-state index contributed by atoms with van der Waals surface area (Å²) in [5, 5.41) is 0.0977. The average Bonchev–Trinajstić information content (AvgIpc) is 2.93. The van der Waals surface area contributed by atoms with E-state index in [1.165, 1.54) is 4.90 Å². The Morgan fingerprint density at radius 3 is 2.84 bits per heavy atom. The predicted octanol–water partition coefficient (Wildman–Crippen LogP) is 3.38. The zero-order valence-corrected chi connectivity index (χ0v) is 13.2. The van der Waals surface area contributed by atoms with E-state index in [0.29, 0.717) is 11.8 Å². The van der Waals surface area contributed by atoms with Crippen LogP contribution in [0.5, 0.6) is 0 Å². The number of nitrogens with zero attached hydrogens (tertiary/aromatic N) is 1. The molecule has 2 rings (SSSR count). The monoisotopic (exact) mass is 295 g/mol. The van der Waals surface area contributed by atoms with E-state index in [9.17, 15) is 4.79 Å². The molecule has 0 radical (unpaired) electrons. The summed E-state index contributed by atoms with van der Waals surface area (Å²) in [4.78, 5) is 15.5. The Morgan fingerprint density at radius 1 is 1.42 bits per heavy atom. The van der Waals surface area contributed by atoms with Gasteiger partial charge < -0.3 is 4.90 Å². The van der Waals surface area contributed by atoms with Crippen LogP contribution < -0.4 is 0 Å². The minimum absolute atomic E-state index is 0.0977. The Bertz CT molecular complexity index is 410. The Kier molecular flexibility index (Phi) is 5.64. The van der Waals surface area contributed by atoms with Crippen molar-refractivity contribution in [3.05, 3.63) is 30.3 Å². The molecule has 0 spiro atoms. The molecule has 0 aromatic heterocycles. The van der Waals surface area contributed by atoms with Gasteiger partial charge in [0.15, 0.2) is 0 Å². The van der Waals surface area contributed by atoms with Gasteiger partial charge in [-0.3, -0.25) is 4.79 Å². The summed E-state index contributed by atoms with van der Waals surface area (Å²) in [6, 6.07) is 10.5. The Hall–Kier alpha value is -0.610. The van der Waals surface area contributed by atoms with Crippen LogP contribution in [0.15, 0.2) is 35.2 Å². The molecule has 1 fully saturated rings. The van der Waals surface area contributed by atoms with Crippen molar-refractivity contribution in [1.29, 1.82) is 0 Å². The van der Waals surface area contributed by atoms with Gasteiger partial charge in [0, 0.05) is 23.7 Å². The molecule has 2 nitrogen and oxygen atoms in total. The highest BCUT2D eigenvalue weighted by Gasteiger charge is 2.28. The number of hydrogen-bond acceptors (Lipinski definition) is 3. The van der Waals surface area contributed by atoms with Crippen molar-refractivity contribution in [2.24, 2.45) is 5.92 Å². The van der Waals surface area contributed by atoms with Crippen LogP contribution in [0.1, 0.15) is 13.3 Å². The standard InChI is InChI=1S/C15H21NOS2/c1-12(18-2)15(17)16-9-8-13(10-16)11-19-14-6-4-3-5-7-14/h3-7,12-13H,8-11H2,1-2H3/t12-,13+/m1/s1. The van der Waals surface area contributed by atoms with Gasteiger partial charge in [-0.05, 0) is 37.7 Å². The van der Waals surface area contributed by atoms with Crippen molar-refractivity contribution in [3.63, 3.8) is 0 Å². The fourth-order valence-electron chi connectivity index (χ4n) is 2.26. The molecule has 1 aliphatic rings. The summed E-state index contributed by atoms with van der Waals surface area (Å²) in [5.41, 5.74) is 0. The average molecular weight is 295 g/mol. The van der Waals surface area contributed by atoms with E-state index in [4.69, 9.17) is 0 Å². The van der Waals surface area contributed by atoms with Crippen molar-refractivity contribution in [2.75, 3.05) is 25.1 Å². The maximum absolute atomic E-state index is 12.1. The molecular weight excluding hydrogens is 274 g/mol. The molecule has 1 amide bonds. The number of rotatable bonds is 5. The largest absolute Gasteiger partial charge is 0.341 e. The third-order valence-electron chi connectivity index (χ3n) is 3.53. The number of likely N-dealkylation sites (tertiary alicyclic amines) is 1. The smallest absolute Gasteiger partial charge is 0.235 e. The Labute approximate surface area is 124 Å². The molecule has 19 heavy (non-hydrogen) atoms. The van der Waals surface area contributed by atoms with Gasteiger partial charge >= 0.3 is 0 Å². The number of thioether (sulfide) groups is 2. The molecule has 0 aliphatic carbocycles. The molecule has 4 heteroatoms. The molecule has 1 saturated heterocycles. The third kappa shape index (κ3) is 4.18. The van der Waals surface area contributed by atoms with Crippen LogP contribution in [-0.2, 0) is 4.79 Å².